The molecule has 0 saturated carbocycles. The molecule has 2 saturated heterocycles. The molecular formula is C15H17N3O4. The number of nitrogens with two attached hydrogens (primary N) is 1. The van der Waals surface area contributed by atoms with Gasteiger partial charge in [-0.05, 0) is 38.1 Å². The first-order chi connectivity index (χ1) is 10.3. The van der Waals surface area contributed by atoms with Crippen molar-refractivity contribution in [3.63, 3.8) is 0 Å². The lowest BCUT2D eigenvalue weighted by molar-refractivity contribution is -0.132. The zero-order valence-corrected chi connectivity index (χ0v) is 12.3. The van der Waals surface area contributed by atoms with Crippen LogP contribution in [0.4, 0.5) is 11.4 Å². The van der Waals surface area contributed by atoms with E-state index in [1.54, 1.807) is 38.1 Å². The van der Waals surface area contributed by atoms with Crippen molar-refractivity contribution >= 4 is 23.1 Å². The third-order valence-electron chi connectivity index (χ3n) is 4.06. The maximum Gasteiger partial charge on any atom is 0.265 e. The molecule has 22 heavy (non-hydrogen) atoms. The van der Waals surface area contributed by atoms with Crippen molar-refractivity contribution in [3.8, 4) is 0 Å². The second-order valence-corrected chi connectivity index (χ2v) is 5.66. The van der Waals surface area contributed by atoms with Gasteiger partial charge in [-0.3, -0.25) is 14.5 Å². The minimum Gasteiger partial charge on any atom is -0.494 e. The van der Waals surface area contributed by atoms with Crippen LogP contribution in [0.2, 0.25) is 0 Å². The number of carbonyl (C=O) groups excluding carboxylic acids is 2. The van der Waals surface area contributed by atoms with E-state index in [-0.39, 0.29) is 12.2 Å². The summed E-state index contributed by atoms with van der Waals surface area (Å²) in [6.45, 7) is 3.46. The number of hydrogen-bond acceptors (Lipinski definition) is 6. The highest BCUT2D eigenvalue weighted by atomic mass is 16.5. The van der Waals surface area contributed by atoms with E-state index >= 15 is 0 Å². The normalized spacial score (nSPS) is 29.7. The summed E-state index contributed by atoms with van der Waals surface area (Å²) in [5, 5.41) is 12.9. The van der Waals surface area contributed by atoms with Crippen molar-refractivity contribution in [2.45, 2.75) is 25.6 Å². The number of nitrogens with one attached hydrogen (secondary N) is 1. The van der Waals surface area contributed by atoms with E-state index in [1.807, 2.05) is 0 Å². The van der Waals surface area contributed by atoms with E-state index in [4.69, 9.17) is 10.5 Å². The number of ether oxygens (including phenoxy) is 1. The molecule has 0 aliphatic carbocycles. The van der Waals surface area contributed by atoms with Crippen LogP contribution in [0.5, 0.6) is 0 Å². The first kappa shape index (κ1) is 14.4. The minimum absolute atomic E-state index is 0.122. The van der Waals surface area contributed by atoms with Crippen LogP contribution in [-0.2, 0) is 14.3 Å². The Morgan fingerprint density at radius 3 is 2.64 bits per heavy atom. The maximum absolute atomic E-state index is 12.5. The lowest BCUT2D eigenvalue weighted by atomic mass is 9.97. The molecule has 2 heterocycles. The lowest BCUT2D eigenvalue weighted by Crippen LogP contribution is -2.46. The summed E-state index contributed by atoms with van der Waals surface area (Å²) in [5.74, 6) is -1.43. The Morgan fingerprint density at radius 2 is 2.05 bits per heavy atom. The molecule has 1 amide bonds. The number of nitrogens with zero attached hydrogens (tertiary/aromatic N) is 1. The van der Waals surface area contributed by atoms with Gasteiger partial charge in [0.1, 0.15) is 17.3 Å². The number of aliphatic hydroxyl groups excluding tert-OH is 1. The highest BCUT2D eigenvalue weighted by Gasteiger charge is 2.59. The fourth-order valence-electron chi connectivity index (χ4n) is 2.85. The van der Waals surface area contributed by atoms with Crippen molar-refractivity contribution in [2.24, 2.45) is 0 Å². The Kier molecular flexibility index (Phi) is 3.10. The highest BCUT2D eigenvalue weighted by Crippen LogP contribution is 2.38. The Morgan fingerprint density at radius 1 is 1.41 bits per heavy atom. The van der Waals surface area contributed by atoms with Crippen molar-refractivity contribution < 1.29 is 19.4 Å². The molecule has 1 aromatic carbocycles. The Bertz CT molecular complexity index is 683. The molecule has 7 heteroatoms. The van der Waals surface area contributed by atoms with Crippen molar-refractivity contribution in [1.82, 2.24) is 4.90 Å². The predicted octanol–water partition coefficient (Wildman–Crippen LogP) is 0.996. The molecular weight excluding hydrogens is 286 g/mol. The van der Waals surface area contributed by atoms with Gasteiger partial charge in [-0.2, -0.15) is 0 Å². The number of fused-ring (bicyclic) bond motifs is 1. The summed E-state index contributed by atoms with van der Waals surface area (Å²) in [6, 6.07) is 6.58. The third kappa shape index (κ3) is 1.93. The van der Waals surface area contributed by atoms with Crippen LogP contribution in [0.25, 0.3) is 0 Å². The van der Waals surface area contributed by atoms with E-state index in [0.717, 1.165) is 0 Å². The third-order valence-corrected chi connectivity index (χ3v) is 4.06. The molecule has 0 bridgehead atoms. The summed E-state index contributed by atoms with van der Waals surface area (Å²) in [4.78, 5) is 26.3. The summed E-state index contributed by atoms with van der Waals surface area (Å²) >= 11 is 0. The van der Waals surface area contributed by atoms with Gasteiger partial charge in [-0.1, -0.05) is 0 Å². The van der Waals surface area contributed by atoms with Gasteiger partial charge < -0.3 is 20.9 Å². The molecule has 0 unspecified atom stereocenters. The van der Waals surface area contributed by atoms with Gasteiger partial charge in [0.15, 0.2) is 0 Å². The van der Waals surface area contributed by atoms with E-state index < -0.39 is 29.3 Å². The quantitative estimate of drug-likeness (QED) is 0.326. The van der Waals surface area contributed by atoms with Crippen LogP contribution in [0, 0.1) is 0 Å². The first-order valence-corrected chi connectivity index (χ1v) is 6.90. The van der Waals surface area contributed by atoms with E-state index in [9.17, 15) is 14.7 Å². The summed E-state index contributed by atoms with van der Waals surface area (Å²) in [7, 11) is 0. The summed E-state index contributed by atoms with van der Waals surface area (Å²) in [6.07, 6.45) is -0.497. The van der Waals surface area contributed by atoms with Crippen LogP contribution in [0.3, 0.4) is 0 Å². The standard InChI is InChI=1S/C15H17N3O4/c1-8-18-14(21)11(12(19)15(18,2)7-22-8)13(20)17-10-5-3-9(16)4-6-10/h3-6,8,17,20H,7,16H2,1-2H3/b13-11-/t8-,15-/m1/s1. The second kappa shape index (κ2) is 4.74. The molecule has 3 rings (SSSR count). The number of ketones is 1. The van der Waals surface area contributed by atoms with Crippen LogP contribution < -0.4 is 11.1 Å². The Hall–Kier alpha value is -2.54. The fraction of sp³-hybridized carbons (Fsp3) is 0.333. The molecule has 7 nitrogen and oxygen atoms in total. The highest BCUT2D eigenvalue weighted by molar-refractivity contribution is 6.29. The lowest BCUT2D eigenvalue weighted by Gasteiger charge is -2.24. The molecule has 4 N–H and O–H groups in total. The number of nitrogen functional groups attached to an aromatic ring is 1. The number of carbonyl (C=O) groups is 2. The zero-order chi connectivity index (χ0) is 16.1. The maximum atomic E-state index is 12.5. The van der Waals surface area contributed by atoms with Gasteiger partial charge in [0, 0.05) is 11.4 Å². The SMILES string of the molecule is C[C@H]1OC[C@]2(C)C(=O)/C(=C(/O)Nc3ccc(N)cc3)C(=O)N12. The molecule has 0 radical (unpaired) electrons. The second-order valence-electron chi connectivity index (χ2n) is 5.66. The Balaban J connectivity index is 1.95. The zero-order valence-electron chi connectivity index (χ0n) is 12.3. The first-order valence-electron chi connectivity index (χ1n) is 6.90. The minimum atomic E-state index is -1.05. The van der Waals surface area contributed by atoms with Gasteiger partial charge in [0.05, 0.1) is 6.61 Å². The fourth-order valence-corrected chi connectivity index (χ4v) is 2.85. The molecule has 116 valence electrons. The van der Waals surface area contributed by atoms with E-state index in [1.165, 1.54) is 4.90 Å². The molecule has 2 fully saturated rings. The average molecular weight is 303 g/mol. The number of anilines is 2. The number of Topliss-reactive ketones (excluding diaryl/α,β-unsaturated/α-hetero) is 1. The van der Waals surface area contributed by atoms with Crippen molar-refractivity contribution in [1.29, 1.82) is 0 Å². The molecule has 2 atom stereocenters. The van der Waals surface area contributed by atoms with Crippen LogP contribution in [-0.4, -0.2) is 40.1 Å². The summed E-state index contributed by atoms with van der Waals surface area (Å²) < 4.78 is 5.37. The van der Waals surface area contributed by atoms with Crippen LogP contribution in [0.15, 0.2) is 35.7 Å². The van der Waals surface area contributed by atoms with Gasteiger partial charge in [0.2, 0.25) is 11.7 Å². The van der Waals surface area contributed by atoms with Crippen molar-refractivity contribution in [2.75, 3.05) is 17.7 Å². The largest absolute Gasteiger partial charge is 0.494 e. The van der Waals surface area contributed by atoms with Crippen LogP contribution >= 0.6 is 0 Å². The Labute approximate surface area is 127 Å². The smallest absolute Gasteiger partial charge is 0.265 e. The van der Waals surface area contributed by atoms with Crippen molar-refractivity contribution in [3.05, 3.63) is 35.7 Å². The van der Waals surface area contributed by atoms with Gasteiger partial charge in [-0.25, -0.2) is 0 Å². The summed E-state index contributed by atoms with van der Waals surface area (Å²) in [5.41, 5.74) is 5.40. The number of rotatable bonds is 2. The number of hydrogen-bond donors (Lipinski definition) is 3. The molecule has 2 aliphatic rings. The number of aliphatic hydroxyl groups is 1. The molecule has 1 aromatic rings. The molecule has 2 aliphatic heterocycles. The number of amides is 1. The average Bonchev–Trinajstić information content (AvgIpc) is 2.87. The molecule has 0 aromatic heterocycles. The van der Waals surface area contributed by atoms with Crippen LogP contribution in [0.1, 0.15) is 13.8 Å². The molecule has 0 spiro atoms. The van der Waals surface area contributed by atoms with E-state index in [0.29, 0.717) is 11.4 Å². The van der Waals surface area contributed by atoms with Gasteiger partial charge in [0.25, 0.3) is 5.91 Å². The van der Waals surface area contributed by atoms with Gasteiger partial charge in [-0.15, -0.1) is 0 Å². The topological polar surface area (TPSA) is 105 Å². The monoisotopic (exact) mass is 303 g/mol. The van der Waals surface area contributed by atoms with E-state index in [2.05, 4.69) is 5.32 Å². The number of benzene rings is 1. The van der Waals surface area contributed by atoms with Gasteiger partial charge >= 0.3 is 0 Å². The predicted molar refractivity (Wildman–Crippen MR) is 79.8 cm³/mol.